The van der Waals surface area contributed by atoms with Gasteiger partial charge in [-0.25, -0.2) is 13.9 Å². The molecule has 0 saturated heterocycles. The van der Waals surface area contributed by atoms with Gasteiger partial charge in [0.25, 0.3) is 5.82 Å². The Hall–Kier alpha value is -3.08. The van der Waals surface area contributed by atoms with Crippen molar-refractivity contribution in [3.8, 4) is 11.4 Å². The molecule has 4 aromatic rings. The van der Waals surface area contributed by atoms with Gasteiger partial charge < -0.3 is 9.32 Å². The smallest absolute Gasteiger partial charge is 0.351 e. The van der Waals surface area contributed by atoms with E-state index < -0.39 is 0 Å². The molecule has 5 nitrogen and oxygen atoms in total. The summed E-state index contributed by atoms with van der Waals surface area (Å²) < 4.78 is 9.80. The van der Waals surface area contributed by atoms with Crippen LogP contribution in [0, 0.1) is 0 Å². The van der Waals surface area contributed by atoms with Crippen LogP contribution in [0.15, 0.2) is 57.7 Å². The molecular weight excluding hydrogens is 338 g/mol. The lowest BCUT2D eigenvalue weighted by molar-refractivity contribution is -0.634. The minimum Gasteiger partial charge on any atom is -0.422 e. The van der Waals surface area contributed by atoms with Gasteiger partial charge in [0, 0.05) is 30.2 Å². The van der Waals surface area contributed by atoms with E-state index >= 15 is 0 Å². The molecule has 0 spiro atoms. The fraction of sp³-hybridized carbons (Fsp3) is 0.273. The molecule has 0 amide bonds. The van der Waals surface area contributed by atoms with Gasteiger partial charge in [-0.2, -0.15) is 0 Å². The number of rotatable bonds is 4. The van der Waals surface area contributed by atoms with Crippen LogP contribution in [-0.2, 0) is 14.1 Å². The number of aromatic nitrogens is 2. The summed E-state index contributed by atoms with van der Waals surface area (Å²) in [6.07, 6.45) is 0. The van der Waals surface area contributed by atoms with Crippen molar-refractivity contribution in [3.05, 3.63) is 59.0 Å². The van der Waals surface area contributed by atoms with Gasteiger partial charge in [-0.05, 0) is 44.2 Å². The van der Waals surface area contributed by atoms with E-state index in [4.69, 9.17) is 4.42 Å². The van der Waals surface area contributed by atoms with Crippen LogP contribution in [0.4, 0.5) is 5.69 Å². The highest BCUT2D eigenvalue weighted by atomic mass is 16.4. The summed E-state index contributed by atoms with van der Waals surface area (Å²) in [5, 5.41) is 0.922. The lowest BCUT2D eigenvalue weighted by atomic mass is 10.1. The molecule has 0 unspecified atom stereocenters. The van der Waals surface area contributed by atoms with E-state index in [1.807, 2.05) is 53.6 Å². The first-order chi connectivity index (χ1) is 13.0. The molecule has 2 aromatic carbocycles. The van der Waals surface area contributed by atoms with E-state index in [1.165, 1.54) is 0 Å². The maximum Gasteiger partial charge on any atom is 0.351 e. The van der Waals surface area contributed by atoms with Crippen LogP contribution in [0.5, 0.6) is 0 Å². The standard InChI is InChI=1S/C22H24N3O2/c1-5-25(6-2)16-12-11-15-13-17(22(26)27-20(15)14-16)21-23(3)18-9-7-8-10-19(18)24(21)4/h7-14H,5-6H2,1-4H3/q+1. The van der Waals surface area contributed by atoms with Crippen LogP contribution in [0.1, 0.15) is 13.8 Å². The quantitative estimate of drug-likeness (QED) is 0.411. The lowest BCUT2D eigenvalue weighted by Gasteiger charge is -2.20. The third kappa shape index (κ3) is 2.70. The predicted molar refractivity (Wildman–Crippen MR) is 109 cm³/mol. The van der Waals surface area contributed by atoms with Gasteiger partial charge in [0.05, 0.1) is 14.1 Å². The van der Waals surface area contributed by atoms with Crippen LogP contribution < -0.4 is 15.1 Å². The maximum absolute atomic E-state index is 12.8. The summed E-state index contributed by atoms with van der Waals surface area (Å²) in [6, 6.07) is 16.1. The Kier molecular flexibility index (Phi) is 4.22. The van der Waals surface area contributed by atoms with E-state index in [2.05, 4.69) is 36.9 Å². The van der Waals surface area contributed by atoms with E-state index in [1.54, 1.807) is 0 Å². The molecule has 0 bridgehead atoms. The van der Waals surface area contributed by atoms with E-state index in [9.17, 15) is 4.79 Å². The van der Waals surface area contributed by atoms with Gasteiger partial charge in [-0.1, -0.05) is 12.1 Å². The van der Waals surface area contributed by atoms with Crippen LogP contribution >= 0.6 is 0 Å². The first kappa shape index (κ1) is 17.3. The molecule has 0 atom stereocenters. The molecule has 2 aromatic heterocycles. The molecule has 0 N–H and O–H groups in total. The number of anilines is 1. The molecule has 27 heavy (non-hydrogen) atoms. The molecule has 4 rings (SSSR count). The summed E-state index contributed by atoms with van der Waals surface area (Å²) in [7, 11) is 3.95. The van der Waals surface area contributed by atoms with Gasteiger partial charge in [-0.3, -0.25) is 0 Å². The van der Waals surface area contributed by atoms with Crippen LogP contribution in [0.25, 0.3) is 33.4 Å². The summed E-state index contributed by atoms with van der Waals surface area (Å²) in [5.41, 5.74) is 4.09. The maximum atomic E-state index is 12.8. The first-order valence-corrected chi connectivity index (χ1v) is 9.31. The Morgan fingerprint density at radius 3 is 2.52 bits per heavy atom. The van der Waals surface area contributed by atoms with Crippen LogP contribution in [0.3, 0.4) is 0 Å². The van der Waals surface area contributed by atoms with E-state index in [0.29, 0.717) is 11.1 Å². The summed E-state index contributed by atoms with van der Waals surface area (Å²) in [5.74, 6) is 0.833. The number of nitrogens with zero attached hydrogens (tertiary/aromatic N) is 3. The zero-order valence-electron chi connectivity index (χ0n) is 16.2. The number of fused-ring (bicyclic) bond motifs is 2. The summed E-state index contributed by atoms with van der Waals surface area (Å²) in [6.45, 7) is 6.06. The zero-order chi connectivity index (χ0) is 19.1. The fourth-order valence-corrected chi connectivity index (χ4v) is 3.89. The van der Waals surface area contributed by atoms with Gasteiger partial charge in [0.1, 0.15) is 5.58 Å². The second-order valence-electron chi connectivity index (χ2n) is 6.77. The largest absolute Gasteiger partial charge is 0.422 e. The molecule has 0 fully saturated rings. The predicted octanol–water partition coefficient (Wildman–Crippen LogP) is 3.62. The van der Waals surface area contributed by atoms with Crippen molar-refractivity contribution in [1.82, 2.24) is 4.57 Å². The normalized spacial score (nSPS) is 11.4. The molecule has 0 aliphatic heterocycles. The highest BCUT2D eigenvalue weighted by Crippen LogP contribution is 2.25. The minimum absolute atomic E-state index is 0.319. The Morgan fingerprint density at radius 2 is 1.81 bits per heavy atom. The average Bonchev–Trinajstić information content (AvgIpc) is 2.93. The third-order valence-electron chi connectivity index (χ3n) is 5.33. The number of hydrogen-bond donors (Lipinski definition) is 0. The highest BCUT2D eigenvalue weighted by Gasteiger charge is 2.25. The Labute approximate surface area is 158 Å². The van der Waals surface area contributed by atoms with Gasteiger partial charge in [0.2, 0.25) is 0 Å². The van der Waals surface area contributed by atoms with E-state index in [0.717, 1.165) is 41.0 Å². The van der Waals surface area contributed by atoms with Gasteiger partial charge >= 0.3 is 5.63 Å². The van der Waals surface area contributed by atoms with Crippen LogP contribution in [0.2, 0.25) is 0 Å². The molecule has 138 valence electrons. The fourth-order valence-electron chi connectivity index (χ4n) is 3.89. The van der Waals surface area contributed by atoms with Gasteiger partial charge in [-0.15, -0.1) is 0 Å². The monoisotopic (exact) mass is 362 g/mol. The molecular formula is C22H24N3O2+. The topological polar surface area (TPSA) is 42.3 Å². The highest BCUT2D eigenvalue weighted by molar-refractivity contribution is 5.84. The summed E-state index contributed by atoms with van der Waals surface area (Å²) in [4.78, 5) is 15.1. The van der Waals surface area contributed by atoms with Gasteiger partial charge in [0.15, 0.2) is 16.6 Å². The van der Waals surface area contributed by atoms with E-state index in [-0.39, 0.29) is 5.63 Å². The Balaban J connectivity index is 1.93. The van der Waals surface area contributed by atoms with Crippen molar-refractivity contribution in [1.29, 1.82) is 0 Å². The molecule has 0 radical (unpaired) electrons. The van der Waals surface area contributed by atoms with Crippen LogP contribution in [-0.4, -0.2) is 17.7 Å². The van der Waals surface area contributed by atoms with Crippen molar-refractivity contribution in [2.75, 3.05) is 18.0 Å². The second kappa shape index (κ2) is 6.58. The Morgan fingerprint density at radius 1 is 1.07 bits per heavy atom. The third-order valence-corrected chi connectivity index (χ3v) is 5.33. The van der Waals surface area contributed by atoms with Crippen molar-refractivity contribution in [3.63, 3.8) is 0 Å². The SMILES string of the molecule is CCN(CC)c1ccc2cc(-c3n(C)c4ccccc4[n+]3C)c(=O)oc2c1. The van der Waals surface area contributed by atoms with Crippen molar-refractivity contribution < 1.29 is 8.98 Å². The van der Waals surface area contributed by atoms with Crippen molar-refractivity contribution in [2.24, 2.45) is 14.1 Å². The lowest BCUT2D eigenvalue weighted by Crippen LogP contribution is -2.31. The molecule has 0 saturated carbocycles. The summed E-state index contributed by atoms with van der Waals surface area (Å²) >= 11 is 0. The number of benzene rings is 2. The molecule has 0 aliphatic rings. The number of aryl methyl sites for hydroxylation is 2. The van der Waals surface area contributed by atoms with Crippen molar-refractivity contribution >= 4 is 27.7 Å². The Bertz CT molecular complexity index is 1160. The number of imidazole rings is 1. The van der Waals surface area contributed by atoms with Crippen molar-refractivity contribution in [2.45, 2.75) is 13.8 Å². The number of hydrogen-bond acceptors (Lipinski definition) is 3. The minimum atomic E-state index is -0.319. The molecule has 0 aliphatic carbocycles. The molecule has 5 heteroatoms. The zero-order valence-corrected chi connectivity index (χ0v) is 16.2. The average molecular weight is 362 g/mol. The first-order valence-electron chi connectivity index (χ1n) is 9.31. The second-order valence-corrected chi connectivity index (χ2v) is 6.77. The number of para-hydroxylation sites is 2. The molecule has 2 heterocycles.